The summed E-state index contributed by atoms with van der Waals surface area (Å²) < 4.78 is 26.1. The Morgan fingerprint density at radius 1 is 1.44 bits per heavy atom. The van der Waals surface area contributed by atoms with Crippen molar-refractivity contribution < 1.29 is 23.1 Å². The van der Waals surface area contributed by atoms with Crippen molar-refractivity contribution in [3.63, 3.8) is 0 Å². The number of thiophene rings is 1. The Morgan fingerprint density at radius 3 is 2.62 bits per heavy atom. The molecule has 0 bridgehead atoms. The van der Waals surface area contributed by atoms with Gasteiger partial charge in [0, 0.05) is 19.6 Å². The van der Waals surface area contributed by atoms with Crippen LogP contribution in [0.3, 0.4) is 0 Å². The average molecular weight is 264 g/mol. The highest BCUT2D eigenvalue weighted by molar-refractivity contribution is 7.54. The largest absolute Gasteiger partial charge is 0.485 e. The summed E-state index contributed by atoms with van der Waals surface area (Å²) in [6.45, 7) is -0.132. The van der Waals surface area contributed by atoms with E-state index >= 15 is 0 Å². The van der Waals surface area contributed by atoms with Gasteiger partial charge in [0.1, 0.15) is 18.5 Å². The summed E-state index contributed by atoms with van der Waals surface area (Å²) in [5, 5.41) is 3.62. The lowest BCUT2D eigenvalue weighted by Gasteiger charge is -2.12. The monoisotopic (exact) mass is 264 g/mol. The third-order valence-electron chi connectivity index (χ3n) is 1.82. The SMILES string of the molecule is COP(=O)(CC(=O)COc1ccsc1)OC. The lowest BCUT2D eigenvalue weighted by Crippen LogP contribution is -2.16. The second-order valence-corrected chi connectivity index (χ2v) is 5.97. The van der Waals surface area contributed by atoms with Crippen LogP contribution in [0.4, 0.5) is 0 Å². The number of rotatable bonds is 7. The highest BCUT2D eigenvalue weighted by atomic mass is 32.1. The third-order valence-corrected chi connectivity index (χ3v) is 4.34. The molecule has 0 fully saturated rings. The van der Waals surface area contributed by atoms with Gasteiger partial charge >= 0.3 is 7.60 Å². The number of ether oxygens (including phenoxy) is 1. The van der Waals surface area contributed by atoms with Gasteiger partial charge in [-0.1, -0.05) is 0 Å². The first-order valence-corrected chi connectivity index (χ1v) is 7.14. The van der Waals surface area contributed by atoms with Gasteiger partial charge in [0.15, 0.2) is 5.78 Å². The lowest BCUT2D eigenvalue weighted by atomic mass is 10.5. The van der Waals surface area contributed by atoms with Crippen LogP contribution >= 0.6 is 18.9 Å². The minimum absolute atomic E-state index is 0.132. The van der Waals surface area contributed by atoms with E-state index in [9.17, 15) is 9.36 Å². The zero-order valence-electron chi connectivity index (χ0n) is 9.04. The Balaban J connectivity index is 2.39. The molecule has 0 saturated heterocycles. The van der Waals surface area contributed by atoms with Gasteiger partial charge < -0.3 is 13.8 Å². The Labute approximate surface area is 97.9 Å². The first-order chi connectivity index (χ1) is 7.59. The molecule has 1 heterocycles. The van der Waals surface area contributed by atoms with Gasteiger partial charge in [-0.05, 0) is 11.4 Å². The molecular weight excluding hydrogens is 251 g/mol. The normalized spacial score (nSPS) is 11.4. The summed E-state index contributed by atoms with van der Waals surface area (Å²) in [6, 6.07) is 1.75. The zero-order chi connectivity index (χ0) is 12.0. The van der Waals surface area contributed by atoms with Crippen LogP contribution in [0.15, 0.2) is 16.8 Å². The van der Waals surface area contributed by atoms with Crippen LogP contribution < -0.4 is 4.74 Å². The molecule has 0 aliphatic heterocycles. The van der Waals surface area contributed by atoms with Gasteiger partial charge in [0.25, 0.3) is 0 Å². The quantitative estimate of drug-likeness (QED) is 0.706. The number of Topliss-reactive ketones (excluding diaryl/α,β-unsaturated/α-hetero) is 1. The van der Waals surface area contributed by atoms with Crippen LogP contribution in [0.1, 0.15) is 0 Å². The molecule has 1 aromatic rings. The maximum absolute atomic E-state index is 11.6. The van der Waals surface area contributed by atoms with Crippen molar-refractivity contribution in [1.29, 1.82) is 0 Å². The predicted octanol–water partition coefficient (Wildman–Crippen LogP) is 2.18. The first-order valence-electron chi connectivity index (χ1n) is 4.47. The lowest BCUT2D eigenvalue weighted by molar-refractivity contribution is -0.118. The van der Waals surface area contributed by atoms with Gasteiger partial charge in [-0.3, -0.25) is 9.36 Å². The summed E-state index contributed by atoms with van der Waals surface area (Å²) in [6.07, 6.45) is -0.274. The van der Waals surface area contributed by atoms with Crippen LogP contribution in [-0.2, 0) is 18.4 Å². The minimum atomic E-state index is -3.27. The van der Waals surface area contributed by atoms with Crippen molar-refractivity contribution >= 4 is 24.7 Å². The number of carbonyl (C=O) groups is 1. The van der Waals surface area contributed by atoms with E-state index in [0.29, 0.717) is 5.75 Å². The number of hydrogen-bond donors (Lipinski definition) is 0. The van der Waals surface area contributed by atoms with Crippen molar-refractivity contribution in [3.05, 3.63) is 16.8 Å². The highest BCUT2D eigenvalue weighted by Gasteiger charge is 2.25. The van der Waals surface area contributed by atoms with Crippen LogP contribution in [0.5, 0.6) is 5.75 Å². The Hall–Kier alpha value is -0.680. The van der Waals surface area contributed by atoms with Gasteiger partial charge in [-0.15, -0.1) is 11.3 Å². The van der Waals surface area contributed by atoms with Gasteiger partial charge in [0.2, 0.25) is 0 Å². The summed E-state index contributed by atoms with van der Waals surface area (Å²) in [7, 11) is -0.776. The molecule has 0 aliphatic rings. The molecule has 0 radical (unpaired) electrons. The summed E-state index contributed by atoms with van der Waals surface area (Å²) >= 11 is 1.47. The Morgan fingerprint density at radius 2 is 2.12 bits per heavy atom. The van der Waals surface area contributed by atoms with Crippen molar-refractivity contribution in [2.75, 3.05) is 27.0 Å². The fourth-order valence-electron chi connectivity index (χ4n) is 0.963. The number of ketones is 1. The molecule has 0 atom stereocenters. The van der Waals surface area contributed by atoms with Crippen LogP contribution in [0, 0.1) is 0 Å². The summed E-state index contributed by atoms with van der Waals surface area (Å²) in [4.78, 5) is 11.4. The molecule has 7 heteroatoms. The molecule has 5 nitrogen and oxygen atoms in total. The zero-order valence-corrected chi connectivity index (χ0v) is 10.8. The van der Waals surface area contributed by atoms with Crippen molar-refractivity contribution in [2.45, 2.75) is 0 Å². The smallest absolute Gasteiger partial charge is 0.337 e. The van der Waals surface area contributed by atoms with Crippen molar-refractivity contribution in [3.8, 4) is 5.75 Å². The van der Waals surface area contributed by atoms with Crippen LogP contribution in [0.2, 0.25) is 0 Å². The molecule has 0 aliphatic carbocycles. The molecule has 0 unspecified atom stereocenters. The number of carbonyl (C=O) groups excluding carboxylic acids is 1. The minimum Gasteiger partial charge on any atom is -0.485 e. The molecule has 0 N–H and O–H groups in total. The van der Waals surface area contributed by atoms with Crippen LogP contribution in [-0.4, -0.2) is 32.8 Å². The Kier molecular flexibility index (Phi) is 5.15. The van der Waals surface area contributed by atoms with E-state index < -0.39 is 7.60 Å². The summed E-state index contributed by atoms with van der Waals surface area (Å²) in [5.74, 6) is 0.307. The van der Waals surface area contributed by atoms with E-state index in [2.05, 4.69) is 9.05 Å². The second-order valence-electron chi connectivity index (χ2n) is 2.92. The van der Waals surface area contributed by atoms with Gasteiger partial charge in [-0.25, -0.2) is 0 Å². The standard InChI is InChI=1S/C9H13O5PS/c1-12-15(11,13-2)6-8(10)5-14-9-3-4-16-7-9/h3-4,7H,5-6H2,1-2H3. The maximum Gasteiger partial charge on any atom is 0.337 e. The predicted molar refractivity (Wildman–Crippen MR) is 61.3 cm³/mol. The third kappa shape index (κ3) is 4.06. The van der Waals surface area contributed by atoms with E-state index in [1.54, 1.807) is 11.4 Å². The maximum atomic E-state index is 11.6. The molecule has 90 valence electrons. The number of hydrogen-bond acceptors (Lipinski definition) is 6. The Bertz CT molecular complexity index is 367. The first kappa shape index (κ1) is 13.4. The van der Waals surface area contributed by atoms with E-state index in [1.807, 2.05) is 5.38 Å². The highest BCUT2D eigenvalue weighted by Crippen LogP contribution is 2.45. The second kappa shape index (κ2) is 6.15. The summed E-state index contributed by atoms with van der Waals surface area (Å²) in [5.41, 5.74) is 0. The molecule has 1 rings (SSSR count). The van der Waals surface area contributed by atoms with E-state index in [1.165, 1.54) is 25.6 Å². The molecule has 0 spiro atoms. The molecule has 0 aromatic carbocycles. The van der Waals surface area contributed by atoms with E-state index in [-0.39, 0.29) is 18.6 Å². The van der Waals surface area contributed by atoms with Crippen LogP contribution in [0.25, 0.3) is 0 Å². The fourth-order valence-corrected chi connectivity index (χ4v) is 2.47. The molecule has 0 saturated carbocycles. The molecule has 1 aromatic heterocycles. The molecular formula is C9H13O5PS. The van der Waals surface area contributed by atoms with Gasteiger partial charge in [-0.2, -0.15) is 0 Å². The van der Waals surface area contributed by atoms with E-state index in [0.717, 1.165) is 0 Å². The average Bonchev–Trinajstić information content (AvgIpc) is 2.79. The fraction of sp³-hybridized carbons (Fsp3) is 0.444. The van der Waals surface area contributed by atoms with Crippen molar-refractivity contribution in [2.24, 2.45) is 0 Å². The van der Waals surface area contributed by atoms with Gasteiger partial charge in [0.05, 0.1) is 0 Å². The van der Waals surface area contributed by atoms with E-state index in [4.69, 9.17) is 4.74 Å². The molecule has 0 amide bonds. The van der Waals surface area contributed by atoms with Crippen molar-refractivity contribution in [1.82, 2.24) is 0 Å². The topological polar surface area (TPSA) is 61.8 Å². The molecule has 16 heavy (non-hydrogen) atoms.